The topological polar surface area (TPSA) is 67.4 Å². The summed E-state index contributed by atoms with van der Waals surface area (Å²) in [4.78, 5) is 23.6. The lowest BCUT2D eigenvalue weighted by molar-refractivity contribution is -0.123. The van der Waals surface area contributed by atoms with E-state index in [0.717, 1.165) is 5.75 Å². The highest BCUT2D eigenvalue weighted by Gasteiger charge is 2.25. The Hall–Kier alpha value is -1.69. The molecular weight excluding hydrogens is 276 g/mol. The van der Waals surface area contributed by atoms with Gasteiger partial charge in [0.1, 0.15) is 5.75 Å². The van der Waals surface area contributed by atoms with Gasteiger partial charge in [0.15, 0.2) is 0 Å². The van der Waals surface area contributed by atoms with Gasteiger partial charge in [-0.25, -0.2) is 0 Å². The van der Waals surface area contributed by atoms with Gasteiger partial charge in [-0.05, 0) is 19.1 Å². The van der Waals surface area contributed by atoms with Gasteiger partial charge in [-0.2, -0.15) is 0 Å². The van der Waals surface area contributed by atoms with Gasteiger partial charge in [-0.3, -0.25) is 9.59 Å². The van der Waals surface area contributed by atoms with Crippen LogP contribution in [0.4, 0.5) is 5.69 Å². The summed E-state index contributed by atoms with van der Waals surface area (Å²) in [5.74, 6) is 1.25. The van der Waals surface area contributed by atoms with E-state index in [1.807, 2.05) is 19.1 Å². The van der Waals surface area contributed by atoms with E-state index in [2.05, 4.69) is 10.6 Å². The van der Waals surface area contributed by atoms with Gasteiger partial charge in [0, 0.05) is 18.7 Å². The molecule has 1 aliphatic heterocycles. The van der Waals surface area contributed by atoms with Gasteiger partial charge in [0.2, 0.25) is 11.8 Å². The second-order valence-corrected chi connectivity index (χ2v) is 5.64. The van der Waals surface area contributed by atoms with Crippen molar-refractivity contribution in [2.24, 2.45) is 0 Å². The molecule has 1 aromatic carbocycles. The van der Waals surface area contributed by atoms with E-state index in [1.165, 1.54) is 11.8 Å². The highest BCUT2D eigenvalue weighted by atomic mass is 32.2. The molecule has 5 nitrogen and oxygen atoms in total. The molecule has 2 N–H and O–H groups in total. The molecule has 0 spiro atoms. The van der Waals surface area contributed by atoms with Crippen LogP contribution in [0.2, 0.25) is 0 Å². The Morgan fingerprint density at radius 2 is 2.30 bits per heavy atom. The number of thioether (sulfide) groups is 1. The summed E-state index contributed by atoms with van der Waals surface area (Å²) in [7, 11) is 0. The Morgan fingerprint density at radius 3 is 3.05 bits per heavy atom. The van der Waals surface area contributed by atoms with Crippen LogP contribution < -0.4 is 15.4 Å². The summed E-state index contributed by atoms with van der Waals surface area (Å²) < 4.78 is 5.45. The minimum absolute atomic E-state index is 0.0607. The van der Waals surface area contributed by atoms with E-state index >= 15 is 0 Å². The van der Waals surface area contributed by atoms with E-state index in [-0.39, 0.29) is 23.5 Å². The number of benzene rings is 1. The zero-order chi connectivity index (χ0) is 14.4. The lowest BCUT2D eigenvalue weighted by atomic mass is 10.2. The van der Waals surface area contributed by atoms with E-state index in [4.69, 9.17) is 4.74 Å². The Labute approximate surface area is 122 Å². The van der Waals surface area contributed by atoms with Gasteiger partial charge < -0.3 is 15.4 Å². The molecule has 0 aromatic heterocycles. The van der Waals surface area contributed by atoms with E-state index in [0.29, 0.717) is 24.6 Å². The van der Waals surface area contributed by atoms with Gasteiger partial charge in [0.25, 0.3) is 0 Å². The first-order valence-corrected chi connectivity index (χ1v) is 7.66. The maximum atomic E-state index is 12.0. The van der Waals surface area contributed by atoms with Crippen LogP contribution in [-0.4, -0.2) is 36.0 Å². The number of carbonyl (C=O) groups excluding carboxylic acids is 2. The number of amides is 2. The maximum Gasteiger partial charge on any atom is 0.233 e. The number of hydrogen-bond donors (Lipinski definition) is 2. The third-order valence-corrected chi connectivity index (χ3v) is 4.07. The normalized spacial score (nSPS) is 18.2. The zero-order valence-corrected chi connectivity index (χ0v) is 12.2. The van der Waals surface area contributed by atoms with E-state index in [9.17, 15) is 9.59 Å². The molecule has 1 aliphatic rings. The van der Waals surface area contributed by atoms with Crippen molar-refractivity contribution in [2.45, 2.75) is 18.6 Å². The number of nitrogens with one attached hydrogen (secondary N) is 2. The second-order valence-electron chi connectivity index (χ2n) is 4.33. The molecule has 1 atom stereocenters. The van der Waals surface area contributed by atoms with Gasteiger partial charge in [-0.15, -0.1) is 11.8 Å². The number of carbonyl (C=O) groups is 2. The van der Waals surface area contributed by atoms with Crippen molar-refractivity contribution >= 4 is 29.3 Å². The first-order chi connectivity index (χ1) is 9.70. The average Bonchev–Trinajstić information content (AvgIpc) is 2.44. The third-order valence-electron chi connectivity index (χ3n) is 2.84. The van der Waals surface area contributed by atoms with Crippen molar-refractivity contribution in [1.29, 1.82) is 0 Å². The summed E-state index contributed by atoms with van der Waals surface area (Å²) in [6.45, 7) is 3.10. The molecule has 0 saturated carbocycles. The molecule has 0 unspecified atom stereocenters. The van der Waals surface area contributed by atoms with Crippen molar-refractivity contribution in [3.63, 3.8) is 0 Å². The van der Waals surface area contributed by atoms with Crippen LogP contribution in [0.25, 0.3) is 0 Å². The molecule has 2 amide bonds. The summed E-state index contributed by atoms with van der Waals surface area (Å²) >= 11 is 1.52. The molecule has 2 rings (SSSR count). The SMILES string of the molecule is CCOc1ccccc1NC(=O)C[C@@H]1SCCNC1=O. The largest absolute Gasteiger partial charge is 0.492 e. The molecule has 108 valence electrons. The average molecular weight is 294 g/mol. The molecule has 6 heteroatoms. The van der Waals surface area contributed by atoms with Gasteiger partial charge >= 0.3 is 0 Å². The Bertz CT molecular complexity index is 493. The Kier molecular flexibility index (Phi) is 5.29. The molecule has 0 aliphatic carbocycles. The predicted octanol–water partition coefficient (Wildman–Crippen LogP) is 1.65. The van der Waals surface area contributed by atoms with Crippen molar-refractivity contribution in [3.8, 4) is 5.75 Å². The Morgan fingerprint density at radius 1 is 1.50 bits per heavy atom. The lowest BCUT2D eigenvalue weighted by Gasteiger charge is -2.21. The van der Waals surface area contributed by atoms with Crippen LogP contribution >= 0.6 is 11.8 Å². The molecule has 1 aromatic rings. The van der Waals surface area contributed by atoms with Gasteiger partial charge in [0.05, 0.1) is 17.5 Å². The first kappa shape index (κ1) is 14.7. The smallest absolute Gasteiger partial charge is 0.233 e. The molecule has 1 heterocycles. The molecule has 0 radical (unpaired) electrons. The monoisotopic (exact) mass is 294 g/mol. The molecule has 20 heavy (non-hydrogen) atoms. The number of ether oxygens (including phenoxy) is 1. The lowest BCUT2D eigenvalue weighted by Crippen LogP contribution is -2.40. The van der Waals surface area contributed by atoms with Crippen LogP contribution in [-0.2, 0) is 9.59 Å². The Balaban J connectivity index is 1.95. The fourth-order valence-corrected chi connectivity index (χ4v) is 2.95. The highest BCUT2D eigenvalue weighted by molar-refractivity contribution is 8.00. The quantitative estimate of drug-likeness (QED) is 0.866. The van der Waals surface area contributed by atoms with Gasteiger partial charge in [-0.1, -0.05) is 12.1 Å². The number of rotatable bonds is 5. The van der Waals surface area contributed by atoms with Crippen LogP contribution in [0, 0.1) is 0 Å². The van der Waals surface area contributed by atoms with Crippen LogP contribution in [0.5, 0.6) is 5.75 Å². The summed E-state index contributed by atoms with van der Waals surface area (Å²) in [6.07, 6.45) is 0.178. The van der Waals surface area contributed by atoms with Crippen molar-refractivity contribution in [3.05, 3.63) is 24.3 Å². The molecule has 1 saturated heterocycles. The fourth-order valence-electron chi connectivity index (χ4n) is 1.94. The molecule has 1 fully saturated rings. The zero-order valence-electron chi connectivity index (χ0n) is 11.3. The summed E-state index contributed by atoms with van der Waals surface area (Å²) in [5.41, 5.74) is 0.639. The second kappa shape index (κ2) is 7.19. The van der Waals surface area contributed by atoms with E-state index < -0.39 is 0 Å². The van der Waals surface area contributed by atoms with Crippen LogP contribution in [0.1, 0.15) is 13.3 Å². The highest BCUT2D eigenvalue weighted by Crippen LogP contribution is 2.25. The fraction of sp³-hybridized carbons (Fsp3) is 0.429. The predicted molar refractivity (Wildman–Crippen MR) is 80.1 cm³/mol. The standard InChI is InChI=1S/C14H18N2O3S/c1-2-19-11-6-4-3-5-10(11)16-13(17)9-12-14(18)15-7-8-20-12/h3-6,12H,2,7-9H2,1H3,(H,15,18)(H,16,17)/t12-/m0/s1. The number of hydrogen-bond acceptors (Lipinski definition) is 4. The van der Waals surface area contributed by atoms with E-state index in [1.54, 1.807) is 12.1 Å². The number of anilines is 1. The minimum Gasteiger partial charge on any atom is -0.492 e. The van der Waals surface area contributed by atoms with Crippen LogP contribution in [0.3, 0.4) is 0 Å². The summed E-state index contributed by atoms with van der Waals surface area (Å²) in [6, 6.07) is 7.28. The summed E-state index contributed by atoms with van der Waals surface area (Å²) in [5, 5.41) is 5.27. The molecular formula is C14H18N2O3S. The van der Waals surface area contributed by atoms with Crippen molar-refractivity contribution < 1.29 is 14.3 Å². The third kappa shape index (κ3) is 3.90. The van der Waals surface area contributed by atoms with Crippen molar-refractivity contribution in [1.82, 2.24) is 5.32 Å². The maximum absolute atomic E-state index is 12.0. The van der Waals surface area contributed by atoms with Crippen molar-refractivity contribution in [2.75, 3.05) is 24.2 Å². The number of para-hydroxylation sites is 2. The minimum atomic E-state index is -0.303. The molecule has 0 bridgehead atoms. The first-order valence-electron chi connectivity index (χ1n) is 6.61. The van der Waals surface area contributed by atoms with Crippen LogP contribution in [0.15, 0.2) is 24.3 Å².